The molecule has 0 aliphatic carbocycles. The van der Waals surface area contributed by atoms with E-state index >= 15 is 0 Å². The van der Waals surface area contributed by atoms with Crippen LogP contribution in [0.4, 0.5) is 0 Å². The topological polar surface area (TPSA) is 101 Å². The molecule has 1 N–H and O–H groups in total. The molecule has 2 heterocycles. The van der Waals surface area contributed by atoms with Crippen LogP contribution in [0.25, 0.3) is 5.69 Å². The van der Waals surface area contributed by atoms with Crippen molar-refractivity contribution in [3.05, 3.63) is 121 Å². The Hall–Kier alpha value is -4.15. The van der Waals surface area contributed by atoms with Crippen LogP contribution in [0.15, 0.2) is 76.4 Å². The molecule has 7 nitrogen and oxygen atoms in total. The Morgan fingerprint density at radius 3 is 2.53 bits per heavy atom. The van der Waals surface area contributed by atoms with Crippen molar-refractivity contribution >= 4 is 11.6 Å². The van der Waals surface area contributed by atoms with E-state index in [1.54, 1.807) is 35.0 Å². The highest BCUT2D eigenvalue weighted by Crippen LogP contribution is 2.31. The zero-order valence-corrected chi connectivity index (χ0v) is 22.2. The van der Waals surface area contributed by atoms with E-state index in [0.29, 0.717) is 34.9 Å². The van der Waals surface area contributed by atoms with Crippen molar-refractivity contribution in [1.29, 1.82) is 5.26 Å². The Bertz CT molecular complexity index is 1600. The van der Waals surface area contributed by atoms with Crippen LogP contribution < -0.4 is 11.1 Å². The first-order valence-corrected chi connectivity index (χ1v) is 13.0. The normalized spacial score (nSPS) is 11.7. The lowest BCUT2D eigenvalue weighted by molar-refractivity contribution is 0.368. The van der Waals surface area contributed by atoms with E-state index in [9.17, 15) is 20.0 Å². The summed E-state index contributed by atoms with van der Waals surface area (Å²) >= 11 is 6.05. The monoisotopic (exact) mass is 528 g/mol. The molecule has 0 amide bonds. The van der Waals surface area contributed by atoms with Crippen molar-refractivity contribution in [3.8, 4) is 17.6 Å². The molecule has 0 aliphatic heterocycles. The van der Waals surface area contributed by atoms with Gasteiger partial charge in [0.05, 0.1) is 28.3 Å². The fourth-order valence-electron chi connectivity index (χ4n) is 4.62. The maximum atomic E-state index is 13.1. The van der Waals surface area contributed by atoms with Gasteiger partial charge in [0.2, 0.25) is 5.88 Å². The van der Waals surface area contributed by atoms with E-state index in [2.05, 4.69) is 18.0 Å². The maximum absolute atomic E-state index is 13.1. The molecule has 4 rings (SSSR count). The van der Waals surface area contributed by atoms with Gasteiger partial charge >= 0.3 is 0 Å². The van der Waals surface area contributed by atoms with Crippen molar-refractivity contribution in [3.63, 3.8) is 0 Å². The number of aryl methyl sites for hydroxylation is 1. The predicted molar refractivity (Wildman–Crippen MR) is 148 cm³/mol. The van der Waals surface area contributed by atoms with Gasteiger partial charge in [-0.05, 0) is 54.3 Å². The highest BCUT2D eigenvalue weighted by molar-refractivity contribution is 6.30. The molecule has 0 aliphatic rings. The lowest BCUT2D eigenvalue weighted by Gasteiger charge is -2.25. The van der Waals surface area contributed by atoms with Gasteiger partial charge in [-0.15, -0.1) is 0 Å². The van der Waals surface area contributed by atoms with Crippen LogP contribution in [0.3, 0.4) is 0 Å². The van der Waals surface area contributed by atoms with Crippen LogP contribution in [-0.4, -0.2) is 19.2 Å². The largest absolute Gasteiger partial charge is 0.494 e. The third-order valence-electron chi connectivity index (χ3n) is 6.59. The highest BCUT2D eigenvalue weighted by Gasteiger charge is 2.23. The minimum Gasteiger partial charge on any atom is -0.494 e. The lowest BCUT2D eigenvalue weighted by Crippen LogP contribution is -2.26. The van der Waals surface area contributed by atoms with E-state index < -0.39 is 5.56 Å². The third-order valence-corrected chi connectivity index (χ3v) is 6.81. The Kier molecular flexibility index (Phi) is 8.45. The van der Waals surface area contributed by atoms with Gasteiger partial charge in [-0.25, -0.2) is 0 Å². The van der Waals surface area contributed by atoms with Crippen molar-refractivity contribution in [2.75, 3.05) is 0 Å². The quantitative estimate of drug-likeness (QED) is 0.306. The van der Waals surface area contributed by atoms with Crippen molar-refractivity contribution < 1.29 is 5.11 Å². The second-order valence-corrected chi connectivity index (χ2v) is 9.61. The van der Waals surface area contributed by atoms with E-state index in [1.165, 1.54) is 10.6 Å². The summed E-state index contributed by atoms with van der Waals surface area (Å²) in [4.78, 5) is 29.8. The van der Waals surface area contributed by atoms with Gasteiger partial charge in [0, 0.05) is 30.8 Å². The highest BCUT2D eigenvalue weighted by atomic mass is 35.5. The van der Waals surface area contributed by atoms with E-state index in [0.717, 1.165) is 24.0 Å². The summed E-state index contributed by atoms with van der Waals surface area (Å²) in [7, 11) is 0. The zero-order valence-electron chi connectivity index (χ0n) is 21.4. The summed E-state index contributed by atoms with van der Waals surface area (Å²) in [6, 6.07) is 19.3. The summed E-state index contributed by atoms with van der Waals surface area (Å²) in [6.07, 6.45) is 4.65. The van der Waals surface area contributed by atoms with Gasteiger partial charge in [0.1, 0.15) is 5.82 Å². The minimum absolute atomic E-state index is 0.111. The first-order chi connectivity index (χ1) is 18.4. The van der Waals surface area contributed by atoms with Crippen molar-refractivity contribution in [2.45, 2.75) is 52.0 Å². The molecule has 1 unspecified atom stereocenters. The Balaban J connectivity index is 1.76. The molecule has 38 heavy (non-hydrogen) atoms. The number of pyridine rings is 1. The van der Waals surface area contributed by atoms with E-state index in [4.69, 9.17) is 11.6 Å². The SMILES string of the molecule is CCCCc1nc(=O)c(Cc2ccc(-n3cc(Cl)ccc3=O)cc2)c(O)n1C(CC)c1cccc(C#N)c1. The van der Waals surface area contributed by atoms with Gasteiger partial charge in [-0.3, -0.25) is 18.7 Å². The smallest absolute Gasteiger partial charge is 0.280 e. The summed E-state index contributed by atoms with van der Waals surface area (Å²) in [5.41, 5.74) is 2.36. The molecule has 8 heteroatoms. The lowest BCUT2D eigenvalue weighted by atomic mass is 10.00. The molecule has 2 aromatic heterocycles. The van der Waals surface area contributed by atoms with E-state index in [-0.39, 0.29) is 29.5 Å². The van der Waals surface area contributed by atoms with Crippen LogP contribution in [0.1, 0.15) is 67.2 Å². The number of halogens is 1. The number of benzene rings is 2. The maximum Gasteiger partial charge on any atom is 0.280 e. The van der Waals surface area contributed by atoms with Crippen LogP contribution in [-0.2, 0) is 12.8 Å². The number of nitriles is 1. The number of aromatic hydroxyl groups is 1. The fraction of sp³-hybridized carbons (Fsp3) is 0.267. The number of hydrogen-bond acceptors (Lipinski definition) is 5. The molecule has 0 bridgehead atoms. The summed E-state index contributed by atoms with van der Waals surface area (Å²) < 4.78 is 3.20. The van der Waals surface area contributed by atoms with Crippen molar-refractivity contribution in [1.82, 2.24) is 14.1 Å². The van der Waals surface area contributed by atoms with Crippen LogP contribution in [0.2, 0.25) is 5.02 Å². The van der Waals surface area contributed by atoms with Crippen molar-refractivity contribution in [2.24, 2.45) is 0 Å². The van der Waals surface area contributed by atoms with E-state index in [1.807, 2.05) is 37.3 Å². The molecule has 0 saturated heterocycles. The van der Waals surface area contributed by atoms with Crippen LogP contribution in [0, 0.1) is 11.3 Å². The van der Waals surface area contributed by atoms with Crippen LogP contribution in [0.5, 0.6) is 5.88 Å². The third kappa shape index (κ3) is 5.71. The van der Waals surface area contributed by atoms with Gasteiger partial charge in [-0.1, -0.05) is 56.1 Å². The molecule has 4 aromatic rings. The second-order valence-electron chi connectivity index (χ2n) is 9.17. The molecule has 0 radical (unpaired) electrons. The van der Waals surface area contributed by atoms with Gasteiger partial charge in [-0.2, -0.15) is 10.2 Å². The molecule has 0 spiro atoms. The summed E-state index contributed by atoms with van der Waals surface area (Å²) in [5.74, 6) is 0.420. The molecular formula is C30H29ClN4O3. The molecule has 0 saturated carbocycles. The van der Waals surface area contributed by atoms with Gasteiger partial charge < -0.3 is 5.11 Å². The zero-order chi connectivity index (χ0) is 27.2. The number of nitrogens with zero attached hydrogens (tertiary/aromatic N) is 4. The summed E-state index contributed by atoms with van der Waals surface area (Å²) in [5, 5.41) is 21.3. The number of hydrogen-bond donors (Lipinski definition) is 1. The Labute approximate surface area is 226 Å². The number of rotatable bonds is 9. The van der Waals surface area contributed by atoms with Crippen LogP contribution >= 0.6 is 11.6 Å². The Morgan fingerprint density at radius 1 is 1.08 bits per heavy atom. The average molecular weight is 529 g/mol. The first kappa shape index (κ1) is 26.9. The molecule has 2 aromatic carbocycles. The number of aromatic nitrogens is 3. The fourth-order valence-corrected chi connectivity index (χ4v) is 4.78. The second kappa shape index (κ2) is 11.9. The average Bonchev–Trinajstić information content (AvgIpc) is 2.93. The standard InChI is InChI=1S/C30H29ClN4O3/c1-3-5-9-27-33-29(37)25(30(38)35(27)26(4-2)22-8-6-7-21(16-22)18-32)17-20-10-13-24(14-11-20)34-19-23(31)12-15-28(34)36/h6-8,10-16,19,26,38H,3-5,9,17H2,1-2H3. The summed E-state index contributed by atoms with van der Waals surface area (Å²) in [6.45, 7) is 4.06. The molecule has 0 fully saturated rings. The van der Waals surface area contributed by atoms with Gasteiger partial charge in [0.25, 0.3) is 11.1 Å². The molecule has 1 atom stereocenters. The Morgan fingerprint density at radius 2 is 1.84 bits per heavy atom. The molecular weight excluding hydrogens is 500 g/mol. The van der Waals surface area contributed by atoms with Gasteiger partial charge in [0.15, 0.2) is 0 Å². The first-order valence-electron chi connectivity index (χ1n) is 12.7. The predicted octanol–water partition coefficient (Wildman–Crippen LogP) is 5.56. The molecule has 194 valence electrons. The minimum atomic E-state index is -0.458. The number of unbranched alkanes of at least 4 members (excludes halogenated alkanes) is 1.